The van der Waals surface area contributed by atoms with E-state index in [0.717, 1.165) is 28.5 Å². The Morgan fingerprint density at radius 1 is 0.938 bits per heavy atom. The van der Waals surface area contributed by atoms with E-state index in [1.807, 2.05) is 66.4 Å². The summed E-state index contributed by atoms with van der Waals surface area (Å²) in [5, 5.41) is 3.17. The zero-order valence-electron chi connectivity index (χ0n) is 17.6. The molecule has 0 aliphatic carbocycles. The van der Waals surface area contributed by atoms with Crippen LogP contribution in [0.5, 0.6) is 0 Å². The summed E-state index contributed by atoms with van der Waals surface area (Å²) in [6.45, 7) is 2.88. The molecule has 0 fully saturated rings. The van der Waals surface area contributed by atoms with Crippen LogP contribution in [0.2, 0.25) is 0 Å². The second-order valence-corrected chi connectivity index (χ2v) is 9.95. The van der Waals surface area contributed by atoms with Crippen molar-refractivity contribution in [2.45, 2.75) is 24.9 Å². The highest BCUT2D eigenvalue weighted by Gasteiger charge is 2.31. The average molecular weight is 466 g/mol. The van der Waals surface area contributed by atoms with Crippen LogP contribution in [0.4, 0.5) is 5.69 Å². The number of amidine groups is 1. The Labute approximate surface area is 192 Å². The number of hydrogen-bond donors (Lipinski definition) is 1. The Hall–Kier alpha value is -3.10. The summed E-state index contributed by atoms with van der Waals surface area (Å²) in [7, 11) is -3.83. The summed E-state index contributed by atoms with van der Waals surface area (Å²) in [5.41, 5.74) is 3.74. The second kappa shape index (κ2) is 9.58. The Bertz CT molecular complexity index is 1240. The summed E-state index contributed by atoms with van der Waals surface area (Å²) in [6.07, 6.45) is 0. The SMILES string of the molecule is Cc1ccc(CNC(=O)CSC2=NS(=O)(=O)c3ccccc3N2Cc2ccccc2)cc1. The third kappa shape index (κ3) is 5.20. The van der Waals surface area contributed by atoms with Gasteiger partial charge in [-0.2, -0.15) is 8.42 Å². The van der Waals surface area contributed by atoms with Crippen LogP contribution in [-0.2, 0) is 27.9 Å². The van der Waals surface area contributed by atoms with Crippen molar-refractivity contribution in [2.75, 3.05) is 10.7 Å². The van der Waals surface area contributed by atoms with E-state index in [0.29, 0.717) is 18.8 Å². The molecule has 8 heteroatoms. The van der Waals surface area contributed by atoms with Crippen LogP contribution in [0.15, 0.2) is 88.2 Å². The first kappa shape index (κ1) is 22.1. The van der Waals surface area contributed by atoms with Gasteiger partial charge in [0.25, 0.3) is 10.0 Å². The normalized spacial score (nSPS) is 14.4. The quantitative estimate of drug-likeness (QED) is 0.593. The molecule has 0 saturated carbocycles. The van der Waals surface area contributed by atoms with Crippen LogP contribution in [0.3, 0.4) is 0 Å². The predicted octanol–water partition coefficient (Wildman–Crippen LogP) is 4.11. The van der Waals surface area contributed by atoms with Gasteiger partial charge in [-0.25, -0.2) is 0 Å². The summed E-state index contributed by atoms with van der Waals surface area (Å²) in [6, 6.07) is 24.5. The van der Waals surface area contributed by atoms with Gasteiger partial charge in [-0.15, -0.1) is 4.40 Å². The maximum atomic E-state index is 12.7. The lowest BCUT2D eigenvalue weighted by Gasteiger charge is -2.30. The molecule has 6 nitrogen and oxygen atoms in total. The van der Waals surface area contributed by atoms with Crippen LogP contribution in [0.1, 0.15) is 16.7 Å². The number of carbonyl (C=O) groups is 1. The number of fused-ring (bicyclic) bond motifs is 1. The number of rotatable bonds is 6. The summed E-state index contributed by atoms with van der Waals surface area (Å²) >= 11 is 1.12. The third-order valence-electron chi connectivity index (χ3n) is 4.99. The van der Waals surface area contributed by atoms with Gasteiger partial charge in [-0.05, 0) is 30.2 Å². The van der Waals surface area contributed by atoms with E-state index in [1.165, 1.54) is 0 Å². The number of aryl methyl sites for hydroxylation is 1. The van der Waals surface area contributed by atoms with E-state index >= 15 is 0 Å². The summed E-state index contributed by atoms with van der Waals surface area (Å²) in [4.78, 5) is 14.5. The zero-order chi connectivity index (χ0) is 22.6. The van der Waals surface area contributed by atoms with E-state index < -0.39 is 10.0 Å². The highest BCUT2D eigenvalue weighted by Crippen LogP contribution is 2.35. The second-order valence-electron chi connectivity index (χ2n) is 7.44. The van der Waals surface area contributed by atoms with Crippen LogP contribution in [0, 0.1) is 6.92 Å². The lowest BCUT2D eigenvalue weighted by Crippen LogP contribution is -2.35. The molecule has 0 unspecified atom stereocenters. The van der Waals surface area contributed by atoms with E-state index in [1.54, 1.807) is 24.3 Å². The largest absolute Gasteiger partial charge is 0.351 e. The first-order valence-electron chi connectivity index (χ1n) is 10.1. The summed E-state index contributed by atoms with van der Waals surface area (Å²) < 4.78 is 29.5. The molecule has 32 heavy (non-hydrogen) atoms. The summed E-state index contributed by atoms with van der Waals surface area (Å²) in [5.74, 6) is -0.123. The number of anilines is 1. The van der Waals surface area contributed by atoms with Crippen molar-refractivity contribution in [3.8, 4) is 0 Å². The molecule has 1 heterocycles. The van der Waals surface area contributed by atoms with Crippen molar-refractivity contribution in [3.05, 3.63) is 95.6 Å². The van der Waals surface area contributed by atoms with Crippen LogP contribution in [0.25, 0.3) is 0 Å². The molecule has 1 amide bonds. The van der Waals surface area contributed by atoms with Crippen LogP contribution >= 0.6 is 11.8 Å². The minimum Gasteiger partial charge on any atom is -0.351 e. The lowest BCUT2D eigenvalue weighted by molar-refractivity contribution is -0.118. The first-order valence-corrected chi connectivity index (χ1v) is 12.6. The third-order valence-corrected chi connectivity index (χ3v) is 7.40. The van der Waals surface area contributed by atoms with E-state index in [4.69, 9.17) is 0 Å². The molecule has 0 aromatic heterocycles. The molecule has 1 aliphatic heterocycles. The molecule has 164 valence electrons. The van der Waals surface area contributed by atoms with Gasteiger partial charge < -0.3 is 10.2 Å². The zero-order valence-corrected chi connectivity index (χ0v) is 19.2. The van der Waals surface area contributed by atoms with Gasteiger partial charge >= 0.3 is 0 Å². The molecule has 0 bridgehead atoms. The highest BCUT2D eigenvalue weighted by molar-refractivity contribution is 8.15. The highest BCUT2D eigenvalue weighted by atomic mass is 32.2. The van der Waals surface area contributed by atoms with Gasteiger partial charge in [0.1, 0.15) is 4.90 Å². The van der Waals surface area contributed by atoms with Crippen molar-refractivity contribution in [2.24, 2.45) is 4.40 Å². The van der Waals surface area contributed by atoms with Crippen molar-refractivity contribution in [3.63, 3.8) is 0 Å². The van der Waals surface area contributed by atoms with E-state index in [-0.39, 0.29) is 21.7 Å². The maximum Gasteiger partial charge on any atom is 0.286 e. The minimum atomic E-state index is -3.83. The van der Waals surface area contributed by atoms with E-state index in [9.17, 15) is 13.2 Å². The molecule has 1 N–H and O–H groups in total. The number of nitrogens with one attached hydrogen (secondary N) is 1. The van der Waals surface area contributed by atoms with Gasteiger partial charge in [0.2, 0.25) is 5.91 Å². The van der Waals surface area contributed by atoms with E-state index in [2.05, 4.69) is 9.71 Å². The molecule has 0 saturated heterocycles. The van der Waals surface area contributed by atoms with Crippen LogP contribution in [-0.4, -0.2) is 25.2 Å². The van der Waals surface area contributed by atoms with Gasteiger partial charge in [0.15, 0.2) is 5.17 Å². The number of amides is 1. The Morgan fingerprint density at radius 2 is 1.62 bits per heavy atom. The van der Waals surface area contributed by atoms with Crippen molar-refractivity contribution in [1.82, 2.24) is 5.32 Å². The Morgan fingerprint density at radius 3 is 2.38 bits per heavy atom. The topological polar surface area (TPSA) is 78.8 Å². The van der Waals surface area contributed by atoms with Crippen molar-refractivity contribution in [1.29, 1.82) is 0 Å². The molecule has 0 atom stereocenters. The number of thioether (sulfide) groups is 1. The fourth-order valence-electron chi connectivity index (χ4n) is 3.31. The Balaban J connectivity index is 1.50. The Kier molecular flexibility index (Phi) is 6.62. The molecule has 0 radical (unpaired) electrons. The number of hydrogen-bond acceptors (Lipinski definition) is 5. The number of sulfonamides is 1. The molecule has 3 aromatic carbocycles. The average Bonchev–Trinajstić information content (AvgIpc) is 2.80. The minimum absolute atomic E-state index is 0.0632. The molecular weight excluding hydrogens is 442 g/mol. The van der Waals surface area contributed by atoms with Gasteiger partial charge in [-0.1, -0.05) is 84.1 Å². The monoisotopic (exact) mass is 465 g/mol. The fourth-order valence-corrected chi connectivity index (χ4v) is 5.60. The molecule has 4 rings (SSSR count). The van der Waals surface area contributed by atoms with Crippen LogP contribution < -0.4 is 10.2 Å². The number of nitrogens with zero attached hydrogens (tertiary/aromatic N) is 2. The van der Waals surface area contributed by atoms with Gasteiger partial charge in [-0.3, -0.25) is 4.79 Å². The number of para-hydroxylation sites is 1. The number of carbonyl (C=O) groups excluding carboxylic acids is 1. The smallest absolute Gasteiger partial charge is 0.286 e. The lowest BCUT2D eigenvalue weighted by atomic mass is 10.1. The fraction of sp³-hybridized carbons (Fsp3) is 0.167. The van der Waals surface area contributed by atoms with Gasteiger partial charge in [0.05, 0.1) is 18.0 Å². The maximum absolute atomic E-state index is 12.7. The predicted molar refractivity (Wildman–Crippen MR) is 129 cm³/mol. The molecular formula is C24H23N3O3S2. The van der Waals surface area contributed by atoms with Gasteiger partial charge in [0, 0.05) is 6.54 Å². The first-order chi connectivity index (χ1) is 15.4. The number of benzene rings is 3. The molecule has 1 aliphatic rings. The van der Waals surface area contributed by atoms with Crippen molar-refractivity contribution >= 4 is 38.5 Å². The van der Waals surface area contributed by atoms with Crippen molar-refractivity contribution < 1.29 is 13.2 Å². The standard InChI is InChI=1S/C24H23N3O3S2/c1-18-11-13-19(14-12-18)15-25-23(28)17-31-24-26-32(29,30)22-10-6-5-9-21(22)27(24)16-20-7-3-2-4-8-20/h2-14H,15-17H2,1H3,(H,25,28). The molecule has 3 aromatic rings. The molecule has 0 spiro atoms.